The van der Waals surface area contributed by atoms with E-state index in [1.54, 1.807) is 6.07 Å². The van der Waals surface area contributed by atoms with Crippen LogP contribution in [0.15, 0.2) is 125 Å². The van der Waals surface area contributed by atoms with Crippen LogP contribution in [-0.2, 0) is 0 Å². The minimum absolute atomic E-state index is 0. The van der Waals surface area contributed by atoms with Gasteiger partial charge in [-0.1, -0.05) is 127 Å². The predicted octanol–water partition coefficient (Wildman–Crippen LogP) is 14.9. The van der Waals surface area contributed by atoms with Gasteiger partial charge in [-0.2, -0.15) is 5.26 Å². The summed E-state index contributed by atoms with van der Waals surface area (Å²) < 4.78 is 0. The molecule has 406 valence electrons. The first-order valence-corrected chi connectivity index (χ1v) is 28.7. The Morgan fingerprint density at radius 1 is 0.453 bits per heavy atom. The summed E-state index contributed by atoms with van der Waals surface area (Å²) in [5.41, 5.74) is 3.30. The monoisotopic (exact) mass is 1190 g/mol. The number of nitriles is 1. The van der Waals surface area contributed by atoms with Crippen LogP contribution in [0.5, 0.6) is 0 Å². The third-order valence-electron chi connectivity index (χ3n) is 12.9. The summed E-state index contributed by atoms with van der Waals surface area (Å²) in [7, 11) is 0. The van der Waals surface area contributed by atoms with Crippen LogP contribution in [0.2, 0.25) is 15.1 Å². The number of benzene rings is 3. The van der Waals surface area contributed by atoms with Crippen LogP contribution < -0.4 is 16.0 Å². The smallest absolute Gasteiger partial charge is 0.261 e. The molecule has 0 spiro atoms. The Hall–Kier alpha value is -3.72. The molecule has 19 heteroatoms. The van der Waals surface area contributed by atoms with Crippen molar-refractivity contribution in [3.05, 3.63) is 172 Å². The minimum Gasteiger partial charge on any atom is -0.349 e. The van der Waals surface area contributed by atoms with Gasteiger partial charge in [0.1, 0.15) is 0 Å². The molecule has 3 amide bonds. The Morgan fingerprint density at radius 2 is 0.693 bits per heavy atom. The predicted molar refractivity (Wildman–Crippen MR) is 322 cm³/mol. The first-order chi connectivity index (χ1) is 35.2. The molecule has 0 bridgehead atoms. The van der Waals surface area contributed by atoms with Gasteiger partial charge in [-0.15, -0.1) is 71.2 Å². The second-order valence-electron chi connectivity index (χ2n) is 17.7. The summed E-state index contributed by atoms with van der Waals surface area (Å²) in [6.45, 7) is 9.54. The van der Waals surface area contributed by atoms with E-state index in [4.69, 9.17) is 40.1 Å². The number of halogens is 6. The number of hydrogen-bond donors (Lipinski definition) is 3. The van der Waals surface area contributed by atoms with Crippen molar-refractivity contribution in [1.29, 1.82) is 5.26 Å². The molecule has 3 atom stereocenters. The van der Waals surface area contributed by atoms with Gasteiger partial charge in [0.2, 0.25) is 0 Å². The molecule has 3 aliphatic rings. The van der Waals surface area contributed by atoms with Crippen molar-refractivity contribution in [2.75, 3.05) is 58.9 Å². The molecule has 10 nitrogen and oxygen atoms in total. The Bertz CT molecular complexity index is 2300. The third kappa shape index (κ3) is 20.9. The van der Waals surface area contributed by atoms with Crippen LogP contribution in [0, 0.1) is 11.3 Å². The Labute approximate surface area is 489 Å². The van der Waals surface area contributed by atoms with Gasteiger partial charge in [-0.05, 0) is 147 Å². The molecule has 3 N–H and O–H groups in total. The molecule has 3 aliphatic heterocycles. The normalized spacial score (nSPS) is 15.7. The molecule has 3 aromatic carbocycles. The topological polar surface area (TPSA) is 121 Å². The largest absolute Gasteiger partial charge is 0.349 e. The molecule has 6 aromatic rings. The fourth-order valence-electron chi connectivity index (χ4n) is 9.29. The van der Waals surface area contributed by atoms with E-state index in [0.29, 0.717) is 19.6 Å². The highest BCUT2D eigenvalue weighted by molar-refractivity contribution is 7.12. The number of likely N-dealkylation sites (tertiary alicyclic amines) is 3. The summed E-state index contributed by atoms with van der Waals surface area (Å²) in [5, 5.41) is 24.6. The lowest BCUT2D eigenvalue weighted by Crippen LogP contribution is -2.40. The van der Waals surface area contributed by atoms with Crippen molar-refractivity contribution >= 4 is 124 Å². The SMILES string of the molecule is CC#N.Cl.Cl.Cl.O=C(NCC(c1ccccc1Cl)N1CCCCC1)c1cccs1.O=C(NCC(c1ccccc1Cl)N1CCCCC1)c1cccs1.O=C(NCC(c1ccccc1Cl)N1CCCCC1)c1cccs1. The first-order valence-electron chi connectivity index (χ1n) is 24.9. The summed E-state index contributed by atoms with van der Waals surface area (Å²) in [5.74, 6) is -0.0165. The van der Waals surface area contributed by atoms with Gasteiger partial charge in [0, 0.05) is 41.6 Å². The lowest BCUT2D eigenvalue weighted by Gasteiger charge is -2.35. The molecule has 3 unspecified atom stereocenters. The molecule has 75 heavy (non-hydrogen) atoms. The summed E-state index contributed by atoms with van der Waals surface area (Å²) in [4.78, 5) is 46.4. The number of carbonyl (C=O) groups is 3. The molecule has 9 rings (SSSR count). The number of piperidine rings is 3. The molecule has 3 fully saturated rings. The van der Waals surface area contributed by atoms with Crippen LogP contribution in [0.3, 0.4) is 0 Å². The van der Waals surface area contributed by atoms with Gasteiger partial charge in [0.05, 0.1) is 38.8 Å². The maximum Gasteiger partial charge on any atom is 0.261 e. The second-order valence-corrected chi connectivity index (χ2v) is 21.8. The number of rotatable bonds is 15. The molecule has 3 aromatic heterocycles. The quantitative estimate of drug-likeness (QED) is 0.0936. The Morgan fingerprint density at radius 3 is 0.907 bits per heavy atom. The van der Waals surface area contributed by atoms with Gasteiger partial charge < -0.3 is 16.0 Å². The van der Waals surface area contributed by atoms with Gasteiger partial charge in [0.15, 0.2) is 0 Å². The maximum absolute atomic E-state index is 12.3. The summed E-state index contributed by atoms with van der Waals surface area (Å²) >= 11 is 23.6. The fraction of sp³-hybridized carbons (Fsp3) is 0.393. The molecule has 0 radical (unpaired) electrons. The minimum atomic E-state index is -0.00550. The lowest BCUT2D eigenvalue weighted by molar-refractivity contribution is 0.0920. The number of nitrogens with one attached hydrogen (secondary N) is 3. The van der Waals surface area contributed by atoms with E-state index >= 15 is 0 Å². The standard InChI is InChI=1S/3C18H21ClN2OS.C2H3N.3ClH/c3*19-15-8-3-2-7-14(15)16(21-10-4-1-5-11-21)13-20-18(22)17-9-6-12-23-17;1-2-3;;;/h3*2-3,6-9,12,16H,1,4-5,10-11,13H2,(H,20,22);1H3;3*1H. The molecule has 0 aliphatic carbocycles. The van der Waals surface area contributed by atoms with Crippen molar-refractivity contribution in [2.45, 2.75) is 82.8 Å². The van der Waals surface area contributed by atoms with E-state index in [-0.39, 0.29) is 73.1 Å². The van der Waals surface area contributed by atoms with Crippen LogP contribution in [0.25, 0.3) is 0 Å². The highest BCUT2D eigenvalue weighted by Gasteiger charge is 2.28. The van der Waals surface area contributed by atoms with Crippen LogP contribution >= 0.6 is 106 Å². The van der Waals surface area contributed by atoms with Gasteiger partial charge in [-0.3, -0.25) is 29.1 Å². The lowest BCUT2D eigenvalue weighted by atomic mass is 10.0. The molecule has 0 saturated carbocycles. The zero-order valence-electron chi connectivity index (χ0n) is 42.2. The number of carbonyl (C=O) groups excluding carboxylic acids is 3. The van der Waals surface area contributed by atoms with Crippen molar-refractivity contribution in [3.8, 4) is 6.07 Å². The zero-order chi connectivity index (χ0) is 50.9. The number of hydrogen-bond acceptors (Lipinski definition) is 10. The van der Waals surface area contributed by atoms with Crippen molar-refractivity contribution in [2.24, 2.45) is 0 Å². The van der Waals surface area contributed by atoms with E-state index in [9.17, 15) is 14.4 Å². The average molecular weight is 1200 g/mol. The Kier molecular flexibility index (Phi) is 31.8. The average Bonchev–Trinajstić information content (AvgIpc) is 4.26. The van der Waals surface area contributed by atoms with E-state index in [1.807, 2.05) is 107 Å². The van der Waals surface area contributed by atoms with E-state index in [1.165, 1.54) is 98.7 Å². The third-order valence-corrected chi connectivity index (χ3v) is 16.5. The highest BCUT2D eigenvalue weighted by atomic mass is 35.5. The molecular weight excluding hydrogens is 1130 g/mol. The maximum atomic E-state index is 12.3. The van der Waals surface area contributed by atoms with Crippen molar-refractivity contribution < 1.29 is 14.4 Å². The zero-order valence-corrected chi connectivity index (χ0v) is 49.3. The van der Waals surface area contributed by atoms with Crippen molar-refractivity contribution in [1.82, 2.24) is 30.7 Å². The van der Waals surface area contributed by atoms with Gasteiger partial charge in [0.25, 0.3) is 17.7 Å². The molecule has 3 saturated heterocycles. The Balaban J connectivity index is 0.000000283. The van der Waals surface area contributed by atoms with Gasteiger partial charge in [-0.25, -0.2) is 0 Å². The van der Waals surface area contributed by atoms with Crippen LogP contribution in [0.4, 0.5) is 0 Å². The molecule has 6 heterocycles. The first kappa shape index (κ1) is 65.6. The van der Waals surface area contributed by atoms with E-state index in [0.717, 1.165) is 85.7 Å². The number of nitrogens with zero attached hydrogens (tertiary/aromatic N) is 4. The summed E-state index contributed by atoms with van der Waals surface area (Å²) in [6.07, 6.45) is 11.1. The van der Waals surface area contributed by atoms with Gasteiger partial charge >= 0.3 is 0 Å². The number of thiophene rings is 3. The van der Waals surface area contributed by atoms with Crippen LogP contribution in [-0.4, -0.2) is 91.3 Å². The second kappa shape index (κ2) is 36.4. The molecular formula is C56H69Cl6N7O3S3. The highest BCUT2D eigenvalue weighted by Crippen LogP contribution is 2.32. The van der Waals surface area contributed by atoms with E-state index < -0.39 is 0 Å². The number of amides is 3. The van der Waals surface area contributed by atoms with Crippen LogP contribution in [0.1, 0.15) is 129 Å². The van der Waals surface area contributed by atoms with Crippen molar-refractivity contribution in [3.63, 3.8) is 0 Å². The summed E-state index contributed by atoms with van der Waals surface area (Å²) in [6, 6.07) is 37.3. The fourth-order valence-corrected chi connectivity index (χ4v) is 12.0. The van der Waals surface area contributed by atoms with E-state index in [2.05, 4.69) is 48.8 Å².